The molecular weight excluding hydrogens is 288 g/mol. The molecule has 0 aromatic heterocycles. The molecule has 2 rings (SSSR count). The molecule has 2 N–H and O–H groups in total. The Morgan fingerprint density at radius 2 is 2.32 bits per heavy atom. The van der Waals surface area contributed by atoms with Crippen LogP contribution >= 0.6 is 11.8 Å². The highest BCUT2D eigenvalue weighted by Gasteiger charge is 2.28. The molecule has 5 nitrogen and oxygen atoms in total. The number of carbonyl (C=O) groups excluding carboxylic acids is 1. The third-order valence-electron chi connectivity index (χ3n) is 3.06. The SMILES string of the molecule is CC(=O)Nc1ccc(S(=O)O)c([C@@H]2CCCN2Cl)c1. The third-order valence-corrected chi connectivity index (χ3v) is 4.22. The van der Waals surface area contributed by atoms with Gasteiger partial charge in [0.05, 0.1) is 10.9 Å². The summed E-state index contributed by atoms with van der Waals surface area (Å²) in [4.78, 5) is 11.4. The zero-order valence-corrected chi connectivity index (χ0v) is 12.0. The molecule has 1 amide bonds. The first-order valence-electron chi connectivity index (χ1n) is 5.94. The van der Waals surface area contributed by atoms with E-state index in [2.05, 4.69) is 5.32 Å². The van der Waals surface area contributed by atoms with Gasteiger partial charge in [0.2, 0.25) is 5.91 Å². The number of halogens is 1. The summed E-state index contributed by atoms with van der Waals surface area (Å²) in [6, 6.07) is 4.79. The zero-order chi connectivity index (χ0) is 14.0. The van der Waals surface area contributed by atoms with Crippen molar-refractivity contribution in [2.24, 2.45) is 0 Å². The van der Waals surface area contributed by atoms with Gasteiger partial charge in [-0.25, -0.2) is 8.63 Å². The van der Waals surface area contributed by atoms with Crippen LogP contribution in [0.25, 0.3) is 0 Å². The van der Waals surface area contributed by atoms with E-state index in [0.717, 1.165) is 19.4 Å². The summed E-state index contributed by atoms with van der Waals surface area (Å²) < 4.78 is 22.4. The lowest BCUT2D eigenvalue weighted by Crippen LogP contribution is -2.15. The minimum absolute atomic E-state index is 0.0959. The first-order valence-corrected chi connectivity index (χ1v) is 7.38. The van der Waals surface area contributed by atoms with Crippen molar-refractivity contribution >= 4 is 34.5 Å². The van der Waals surface area contributed by atoms with Gasteiger partial charge in [0.1, 0.15) is 0 Å². The van der Waals surface area contributed by atoms with E-state index in [-0.39, 0.29) is 11.9 Å². The minimum Gasteiger partial charge on any atom is -0.326 e. The van der Waals surface area contributed by atoms with E-state index in [1.165, 1.54) is 6.92 Å². The van der Waals surface area contributed by atoms with Gasteiger partial charge in [-0.2, -0.15) is 0 Å². The Morgan fingerprint density at radius 3 is 2.84 bits per heavy atom. The number of nitrogens with one attached hydrogen (secondary N) is 1. The fraction of sp³-hybridized carbons (Fsp3) is 0.417. The predicted molar refractivity (Wildman–Crippen MR) is 74.3 cm³/mol. The number of hydrogen-bond acceptors (Lipinski definition) is 3. The van der Waals surface area contributed by atoms with Crippen LogP contribution in [0, 0.1) is 0 Å². The first-order chi connectivity index (χ1) is 8.99. The molecule has 1 aromatic rings. The second kappa shape index (κ2) is 6.00. The Balaban J connectivity index is 2.41. The monoisotopic (exact) mass is 302 g/mol. The lowest BCUT2D eigenvalue weighted by Gasteiger charge is -2.20. The summed E-state index contributed by atoms with van der Waals surface area (Å²) in [5.74, 6) is -0.182. The third kappa shape index (κ3) is 3.33. The van der Waals surface area contributed by atoms with Crippen LogP contribution in [0.4, 0.5) is 5.69 Å². The quantitative estimate of drug-likeness (QED) is 0.665. The fourth-order valence-electron chi connectivity index (χ4n) is 2.29. The van der Waals surface area contributed by atoms with Crippen molar-refractivity contribution in [1.82, 2.24) is 4.42 Å². The van der Waals surface area contributed by atoms with Gasteiger partial charge < -0.3 is 9.87 Å². The molecule has 2 atom stereocenters. The van der Waals surface area contributed by atoms with Crippen LogP contribution in [0.1, 0.15) is 31.4 Å². The Morgan fingerprint density at radius 1 is 1.58 bits per heavy atom. The summed E-state index contributed by atoms with van der Waals surface area (Å²) in [5, 5.41) is 2.67. The molecule has 0 saturated carbocycles. The number of rotatable bonds is 3. The number of amides is 1. The Kier molecular flexibility index (Phi) is 4.57. The van der Waals surface area contributed by atoms with E-state index in [1.54, 1.807) is 22.6 Å². The van der Waals surface area contributed by atoms with E-state index in [9.17, 15) is 13.6 Å². The molecule has 0 radical (unpaired) electrons. The first kappa shape index (κ1) is 14.5. The largest absolute Gasteiger partial charge is 0.326 e. The van der Waals surface area contributed by atoms with Crippen LogP contribution < -0.4 is 5.32 Å². The Hall–Kier alpha value is -0.950. The van der Waals surface area contributed by atoms with Crippen LogP contribution in [-0.2, 0) is 15.9 Å². The van der Waals surface area contributed by atoms with Crippen molar-refractivity contribution in [2.45, 2.75) is 30.7 Å². The highest BCUT2D eigenvalue weighted by molar-refractivity contribution is 7.79. The summed E-state index contributed by atoms with van der Waals surface area (Å²) in [7, 11) is 0. The maximum Gasteiger partial charge on any atom is 0.221 e. The standard InChI is InChI=1S/C12H15ClN2O3S/c1-8(16)14-9-4-5-12(19(17)18)10(7-9)11-3-2-6-15(11)13/h4-5,7,11H,2-3,6H2,1H3,(H,14,16)(H,17,18)/t11-/m0/s1. The molecule has 0 aliphatic carbocycles. The molecule has 0 bridgehead atoms. The highest BCUT2D eigenvalue weighted by atomic mass is 35.5. The van der Waals surface area contributed by atoms with Gasteiger partial charge in [0.25, 0.3) is 0 Å². The number of hydrogen-bond donors (Lipinski definition) is 2. The number of carbonyl (C=O) groups is 1. The van der Waals surface area contributed by atoms with E-state index in [4.69, 9.17) is 11.8 Å². The van der Waals surface area contributed by atoms with E-state index in [1.807, 2.05) is 0 Å². The van der Waals surface area contributed by atoms with E-state index in [0.29, 0.717) is 16.1 Å². The van der Waals surface area contributed by atoms with Crippen LogP contribution in [0.2, 0.25) is 0 Å². The summed E-state index contributed by atoms with van der Waals surface area (Å²) in [6.45, 7) is 2.16. The predicted octanol–water partition coefficient (Wildman–Crippen LogP) is 2.52. The average Bonchev–Trinajstić information content (AvgIpc) is 2.74. The summed E-state index contributed by atoms with van der Waals surface area (Å²) >= 11 is 4.04. The van der Waals surface area contributed by atoms with Gasteiger partial charge in [0, 0.05) is 19.2 Å². The van der Waals surface area contributed by atoms with Crippen LogP contribution in [0.5, 0.6) is 0 Å². The number of benzene rings is 1. The van der Waals surface area contributed by atoms with Crippen molar-refractivity contribution in [3.05, 3.63) is 23.8 Å². The molecule has 1 fully saturated rings. The van der Waals surface area contributed by atoms with Gasteiger partial charge in [-0.05, 0) is 48.4 Å². The van der Waals surface area contributed by atoms with Crippen LogP contribution in [0.3, 0.4) is 0 Å². The van der Waals surface area contributed by atoms with Crippen LogP contribution in [0.15, 0.2) is 23.1 Å². The van der Waals surface area contributed by atoms with Crippen molar-refractivity contribution < 1.29 is 13.6 Å². The lowest BCUT2D eigenvalue weighted by molar-refractivity contribution is -0.114. The molecule has 1 aliphatic rings. The van der Waals surface area contributed by atoms with Gasteiger partial charge in [-0.1, -0.05) is 0 Å². The van der Waals surface area contributed by atoms with Gasteiger partial charge in [-0.15, -0.1) is 0 Å². The fourth-order valence-corrected chi connectivity index (χ4v) is 3.19. The van der Waals surface area contributed by atoms with Crippen molar-refractivity contribution in [1.29, 1.82) is 0 Å². The zero-order valence-electron chi connectivity index (χ0n) is 10.4. The lowest BCUT2D eigenvalue weighted by atomic mass is 10.0. The number of anilines is 1. The normalized spacial score (nSPS) is 21.3. The Labute approximate surface area is 119 Å². The van der Waals surface area contributed by atoms with Crippen molar-refractivity contribution in [3.63, 3.8) is 0 Å². The molecule has 104 valence electrons. The molecule has 1 heterocycles. The smallest absolute Gasteiger partial charge is 0.221 e. The molecule has 1 unspecified atom stereocenters. The summed E-state index contributed by atoms with van der Waals surface area (Å²) in [6.07, 6.45) is 1.77. The maximum atomic E-state index is 11.4. The minimum atomic E-state index is -2.07. The van der Waals surface area contributed by atoms with Crippen molar-refractivity contribution in [3.8, 4) is 0 Å². The molecule has 19 heavy (non-hydrogen) atoms. The molecular formula is C12H15ClN2O3S. The maximum absolute atomic E-state index is 11.4. The van der Waals surface area contributed by atoms with E-state index >= 15 is 0 Å². The van der Waals surface area contributed by atoms with Gasteiger partial charge >= 0.3 is 0 Å². The number of nitrogens with zero attached hydrogens (tertiary/aromatic N) is 1. The summed E-state index contributed by atoms with van der Waals surface area (Å²) in [5.41, 5.74) is 1.30. The topological polar surface area (TPSA) is 69.6 Å². The molecule has 1 aromatic carbocycles. The van der Waals surface area contributed by atoms with Gasteiger partial charge in [0.15, 0.2) is 11.1 Å². The molecule has 1 saturated heterocycles. The highest BCUT2D eigenvalue weighted by Crippen LogP contribution is 2.37. The second-order valence-corrected chi connectivity index (χ2v) is 5.84. The molecule has 1 aliphatic heterocycles. The van der Waals surface area contributed by atoms with Crippen LogP contribution in [-0.4, -0.2) is 25.6 Å². The molecule has 7 heteroatoms. The molecule has 0 spiro atoms. The Bertz CT molecular complexity index is 524. The second-order valence-electron chi connectivity index (χ2n) is 4.46. The van der Waals surface area contributed by atoms with Crippen molar-refractivity contribution in [2.75, 3.05) is 11.9 Å². The van der Waals surface area contributed by atoms with E-state index < -0.39 is 11.1 Å². The van der Waals surface area contributed by atoms with Gasteiger partial charge in [-0.3, -0.25) is 4.79 Å². The average molecular weight is 303 g/mol.